The molecule has 0 aliphatic carbocycles. The summed E-state index contributed by atoms with van der Waals surface area (Å²) >= 11 is 0. The SMILES string of the molecule is C=O.CCCCCCCCCCc1ccc2ccccc2c1S(=O)(=O)O. The van der Waals surface area contributed by atoms with E-state index in [0.29, 0.717) is 11.8 Å². The van der Waals surface area contributed by atoms with Gasteiger partial charge in [-0.1, -0.05) is 88.3 Å². The number of benzene rings is 2. The van der Waals surface area contributed by atoms with Gasteiger partial charge in [0.25, 0.3) is 10.1 Å². The molecule has 0 aliphatic heterocycles. The molecule has 2 aromatic rings. The highest BCUT2D eigenvalue weighted by molar-refractivity contribution is 7.86. The van der Waals surface area contributed by atoms with Crippen LogP contribution in [0.25, 0.3) is 10.8 Å². The lowest BCUT2D eigenvalue weighted by Gasteiger charge is -2.11. The van der Waals surface area contributed by atoms with Crippen molar-refractivity contribution in [2.24, 2.45) is 0 Å². The van der Waals surface area contributed by atoms with Crippen LogP contribution in [0.2, 0.25) is 0 Å². The van der Waals surface area contributed by atoms with Crippen molar-refractivity contribution in [3.63, 3.8) is 0 Å². The molecule has 2 aromatic carbocycles. The topological polar surface area (TPSA) is 71.4 Å². The Hall–Kier alpha value is -1.72. The molecule has 2 rings (SSSR count). The Kier molecular flexibility index (Phi) is 10.1. The van der Waals surface area contributed by atoms with Gasteiger partial charge in [0.2, 0.25) is 0 Å². The predicted molar refractivity (Wildman–Crippen MR) is 107 cm³/mol. The number of fused-ring (bicyclic) bond motifs is 1. The first-order valence-electron chi connectivity index (χ1n) is 9.31. The van der Waals surface area contributed by atoms with Crippen molar-refractivity contribution < 1.29 is 17.8 Å². The number of rotatable bonds is 10. The molecule has 26 heavy (non-hydrogen) atoms. The van der Waals surface area contributed by atoms with Crippen LogP contribution < -0.4 is 0 Å². The van der Waals surface area contributed by atoms with Crippen molar-refractivity contribution in [3.05, 3.63) is 42.0 Å². The molecule has 0 bridgehead atoms. The van der Waals surface area contributed by atoms with E-state index in [1.807, 2.05) is 31.1 Å². The molecule has 144 valence electrons. The fourth-order valence-corrected chi connectivity index (χ4v) is 4.20. The Morgan fingerprint density at radius 2 is 1.42 bits per heavy atom. The third-order valence-electron chi connectivity index (χ3n) is 4.52. The lowest BCUT2D eigenvalue weighted by Crippen LogP contribution is -2.04. The number of carbonyl (C=O) groups is 1. The second-order valence-corrected chi connectivity index (χ2v) is 7.83. The number of hydrogen-bond donors (Lipinski definition) is 1. The van der Waals surface area contributed by atoms with Crippen LogP contribution in [-0.4, -0.2) is 19.8 Å². The molecule has 0 aliphatic rings. The summed E-state index contributed by atoms with van der Waals surface area (Å²) in [7, 11) is -4.22. The average Bonchev–Trinajstić information content (AvgIpc) is 2.64. The minimum Gasteiger partial charge on any atom is -0.307 e. The van der Waals surface area contributed by atoms with E-state index in [4.69, 9.17) is 4.79 Å². The molecular weight excluding hydrogens is 348 g/mol. The second-order valence-electron chi connectivity index (χ2n) is 6.47. The third-order valence-corrected chi connectivity index (χ3v) is 5.52. The smallest absolute Gasteiger partial charge is 0.295 e. The molecule has 0 heterocycles. The lowest BCUT2D eigenvalue weighted by atomic mass is 10.0. The van der Waals surface area contributed by atoms with E-state index in [0.717, 1.165) is 23.8 Å². The summed E-state index contributed by atoms with van der Waals surface area (Å²) in [5.74, 6) is 0. The van der Waals surface area contributed by atoms with E-state index in [1.54, 1.807) is 12.1 Å². The van der Waals surface area contributed by atoms with Crippen molar-refractivity contribution in [1.82, 2.24) is 0 Å². The summed E-state index contributed by atoms with van der Waals surface area (Å²) in [5, 5.41) is 1.45. The van der Waals surface area contributed by atoms with E-state index < -0.39 is 10.1 Å². The molecule has 0 unspecified atom stereocenters. The van der Waals surface area contributed by atoms with E-state index in [1.165, 1.54) is 38.5 Å². The Morgan fingerprint density at radius 3 is 2.04 bits per heavy atom. The van der Waals surface area contributed by atoms with E-state index in [-0.39, 0.29) is 4.90 Å². The van der Waals surface area contributed by atoms with Crippen LogP contribution in [0.4, 0.5) is 0 Å². The summed E-state index contributed by atoms with van der Waals surface area (Å²) < 4.78 is 33.4. The minimum atomic E-state index is -4.22. The van der Waals surface area contributed by atoms with E-state index in [2.05, 4.69) is 6.92 Å². The first-order chi connectivity index (χ1) is 12.5. The van der Waals surface area contributed by atoms with E-state index >= 15 is 0 Å². The van der Waals surface area contributed by atoms with Gasteiger partial charge in [-0.15, -0.1) is 0 Å². The zero-order valence-corrected chi connectivity index (χ0v) is 16.4. The van der Waals surface area contributed by atoms with Crippen molar-refractivity contribution in [2.75, 3.05) is 0 Å². The largest absolute Gasteiger partial charge is 0.307 e. The summed E-state index contributed by atoms with van der Waals surface area (Å²) in [6, 6.07) is 11.1. The molecule has 0 saturated heterocycles. The van der Waals surface area contributed by atoms with Crippen LogP contribution in [0.15, 0.2) is 41.3 Å². The Balaban J connectivity index is 0.00000163. The summed E-state index contributed by atoms with van der Waals surface area (Å²) in [5.41, 5.74) is 0.724. The Bertz CT molecular complexity index is 769. The number of unbranched alkanes of at least 4 members (excludes halogenated alkanes) is 7. The van der Waals surface area contributed by atoms with Crippen LogP contribution in [-0.2, 0) is 21.3 Å². The van der Waals surface area contributed by atoms with Crippen molar-refractivity contribution in [2.45, 2.75) is 69.6 Å². The first kappa shape index (κ1) is 22.3. The van der Waals surface area contributed by atoms with E-state index in [9.17, 15) is 13.0 Å². The Labute approximate surface area is 157 Å². The summed E-state index contributed by atoms with van der Waals surface area (Å²) in [4.78, 5) is 8.09. The number of hydrogen-bond acceptors (Lipinski definition) is 3. The molecule has 0 saturated carbocycles. The van der Waals surface area contributed by atoms with Gasteiger partial charge >= 0.3 is 0 Å². The van der Waals surface area contributed by atoms with Crippen LogP contribution in [0.3, 0.4) is 0 Å². The lowest BCUT2D eigenvalue weighted by molar-refractivity contribution is -0.0980. The quantitative estimate of drug-likeness (QED) is 0.432. The van der Waals surface area contributed by atoms with Gasteiger partial charge in [-0.25, -0.2) is 0 Å². The molecule has 5 heteroatoms. The molecule has 0 radical (unpaired) electrons. The summed E-state index contributed by atoms with van der Waals surface area (Å²) in [6.07, 6.45) is 10.4. The normalized spacial score (nSPS) is 11.2. The molecule has 0 atom stereocenters. The maximum Gasteiger partial charge on any atom is 0.295 e. The van der Waals surface area contributed by atoms with Gasteiger partial charge in [0.1, 0.15) is 11.7 Å². The van der Waals surface area contributed by atoms with Gasteiger partial charge in [-0.05, 0) is 23.8 Å². The molecule has 0 amide bonds. The molecule has 4 nitrogen and oxygen atoms in total. The van der Waals surface area contributed by atoms with Crippen molar-refractivity contribution in [1.29, 1.82) is 0 Å². The van der Waals surface area contributed by atoms with Gasteiger partial charge in [-0.3, -0.25) is 4.55 Å². The van der Waals surface area contributed by atoms with Crippen LogP contribution in [0.5, 0.6) is 0 Å². The molecule has 0 spiro atoms. The molecule has 0 aromatic heterocycles. The van der Waals surface area contributed by atoms with Gasteiger partial charge in [0.05, 0.1) is 0 Å². The monoisotopic (exact) mass is 378 g/mol. The highest BCUT2D eigenvalue weighted by Crippen LogP contribution is 2.28. The maximum atomic E-state index is 11.9. The second kappa shape index (κ2) is 11.8. The summed E-state index contributed by atoms with van der Waals surface area (Å²) in [6.45, 7) is 4.22. The number of carbonyl (C=O) groups excluding carboxylic acids is 1. The third kappa shape index (κ3) is 6.89. The van der Waals surface area contributed by atoms with Gasteiger partial charge in [0, 0.05) is 5.39 Å². The highest BCUT2D eigenvalue weighted by Gasteiger charge is 2.18. The number of aryl methyl sites for hydroxylation is 1. The standard InChI is InChI=1S/C20H28O3S.CH2O/c1-2-3-4-5-6-7-8-9-13-18-16-15-17-12-10-11-14-19(17)20(18)24(21,22)23;1-2/h10-12,14-16H,2-9,13H2,1H3,(H,21,22,23);1H2. The molecule has 1 N–H and O–H groups in total. The zero-order chi connectivity index (χ0) is 19.4. The van der Waals surface area contributed by atoms with Gasteiger partial charge in [0.15, 0.2) is 0 Å². The maximum absolute atomic E-state index is 11.9. The Morgan fingerprint density at radius 1 is 0.846 bits per heavy atom. The predicted octanol–water partition coefficient (Wildman–Crippen LogP) is 5.58. The molecule has 0 fully saturated rings. The first-order valence-corrected chi connectivity index (χ1v) is 10.7. The molecular formula is C21H30O4S. The fourth-order valence-electron chi connectivity index (χ4n) is 3.24. The van der Waals surface area contributed by atoms with Crippen molar-refractivity contribution >= 4 is 27.7 Å². The van der Waals surface area contributed by atoms with Crippen molar-refractivity contribution in [3.8, 4) is 0 Å². The minimum absolute atomic E-state index is 0.0866. The average molecular weight is 379 g/mol. The van der Waals surface area contributed by atoms with Crippen LogP contribution in [0.1, 0.15) is 63.9 Å². The van der Waals surface area contributed by atoms with Gasteiger partial charge < -0.3 is 4.79 Å². The zero-order valence-electron chi connectivity index (χ0n) is 15.6. The van der Waals surface area contributed by atoms with Crippen LogP contribution >= 0.6 is 0 Å². The fraction of sp³-hybridized carbons (Fsp3) is 0.476. The van der Waals surface area contributed by atoms with Crippen LogP contribution in [0, 0.1) is 0 Å². The highest BCUT2D eigenvalue weighted by atomic mass is 32.2. The van der Waals surface area contributed by atoms with Gasteiger partial charge in [-0.2, -0.15) is 8.42 Å².